The first-order valence-corrected chi connectivity index (χ1v) is 16.5. The predicted molar refractivity (Wildman–Crippen MR) is 172 cm³/mol. The van der Waals surface area contributed by atoms with Gasteiger partial charge in [0.15, 0.2) is 6.04 Å². The average Bonchev–Trinajstić information content (AvgIpc) is 3.66. The molecule has 15 heteroatoms. The van der Waals surface area contributed by atoms with Gasteiger partial charge in [0, 0.05) is 46.0 Å². The Morgan fingerprint density at radius 1 is 1.14 bits per heavy atom. The number of aliphatic hydroxyl groups is 1. The van der Waals surface area contributed by atoms with Crippen LogP contribution in [0.5, 0.6) is 0 Å². The molecular formula is C34H46N4O11. The molecule has 268 valence electrons. The lowest BCUT2D eigenvalue weighted by Crippen LogP contribution is -2.69. The van der Waals surface area contributed by atoms with E-state index in [0.29, 0.717) is 0 Å². The predicted octanol–water partition coefficient (Wildman–Crippen LogP) is 0.435. The third-order valence-corrected chi connectivity index (χ3v) is 9.06. The van der Waals surface area contributed by atoms with E-state index < -0.39 is 71.3 Å². The van der Waals surface area contributed by atoms with E-state index in [-0.39, 0.29) is 58.1 Å². The summed E-state index contributed by atoms with van der Waals surface area (Å²) in [5, 5.41) is 16.7. The van der Waals surface area contributed by atoms with E-state index in [0.717, 1.165) is 11.1 Å². The molecule has 7 atom stereocenters. The van der Waals surface area contributed by atoms with Gasteiger partial charge in [-0.05, 0) is 44.4 Å². The Morgan fingerprint density at radius 2 is 1.88 bits per heavy atom. The second kappa shape index (κ2) is 14.9. The first-order chi connectivity index (χ1) is 23.2. The van der Waals surface area contributed by atoms with Gasteiger partial charge in [-0.1, -0.05) is 24.3 Å². The molecule has 3 heterocycles. The zero-order valence-corrected chi connectivity index (χ0v) is 28.5. The number of hydrogen-bond acceptors (Lipinski definition) is 12. The fraction of sp³-hybridized carbons (Fsp3) is 0.618. The number of ether oxygens (including phenoxy) is 4. The monoisotopic (exact) mass is 686 g/mol. The molecule has 3 amide bonds. The average molecular weight is 687 g/mol. The van der Waals surface area contributed by atoms with Crippen molar-refractivity contribution in [1.29, 1.82) is 0 Å². The second-order valence-electron chi connectivity index (χ2n) is 13.9. The first-order valence-electron chi connectivity index (χ1n) is 16.5. The van der Waals surface area contributed by atoms with Gasteiger partial charge in [-0.25, -0.2) is 0 Å². The number of esters is 2. The number of nitrogens with zero attached hydrogens (tertiary/aromatic N) is 2. The van der Waals surface area contributed by atoms with Crippen molar-refractivity contribution in [3.8, 4) is 0 Å². The van der Waals surface area contributed by atoms with Crippen molar-refractivity contribution in [3.63, 3.8) is 0 Å². The highest BCUT2D eigenvalue weighted by atomic mass is 16.8. The zero-order chi connectivity index (χ0) is 35.5. The summed E-state index contributed by atoms with van der Waals surface area (Å²) in [6.07, 6.45) is 0.447. The van der Waals surface area contributed by atoms with E-state index in [4.69, 9.17) is 23.8 Å². The molecule has 0 spiro atoms. The van der Waals surface area contributed by atoms with Crippen LogP contribution < -0.4 is 10.6 Å². The summed E-state index contributed by atoms with van der Waals surface area (Å²) in [6, 6.07) is 5.54. The number of fused-ring (bicyclic) bond motifs is 4. The maximum absolute atomic E-state index is 14.2. The van der Waals surface area contributed by atoms with Gasteiger partial charge in [0.25, 0.3) is 0 Å². The van der Waals surface area contributed by atoms with Crippen LogP contribution in [-0.4, -0.2) is 121 Å². The number of aliphatic hydroxyl groups excluding tert-OH is 1. The van der Waals surface area contributed by atoms with E-state index in [2.05, 4.69) is 10.6 Å². The maximum atomic E-state index is 14.2. The number of nitrogens with one attached hydrogen (secondary N) is 2. The Labute approximate surface area is 285 Å². The van der Waals surface area contributed by atoms with Crippen molar-refractivity contribution < 1.29 is 52.9 Å². The molecule has 4 aliphatic rings. The van der Waals surface area contributed by atoms with E-state index in [1.54, 1.807) is 40.9 Å². The quantitative estimate of drug-likeness (QED) is 0.193. The number of hydroxylamine groups is 2. The van der Waals surface area contributed by atoms with Crippen LogP contribution in [0.25, 0.3) is 6.08 Å². The lowest BCUT2D eigenvalue weighted by Gasteiger charge is -2.48. The van der Waals surface area contributed by atoms with Gasteiger partial charge in [0.05, 0.1) is 19.2 Å². The maximum Gasteiger partial charge on any atom is 0.327 e. The minimum Gasteiger partial charge on any atom is -0.460 e. The van der Waals surface area contributed by atoms with Crippen molar-refractivity contribution in [2.75, 3.05) is 34.0 Å². The molecule has 5 rings (SSSR count). The van der Waals surface area contributed by atoms with Crippen molar-refractivity contribution in [3.05, 3.63) is 41.5 Å². The van der Waals surface area contributed by atoms with Gasteiger partial charge in [-0.2, -0.15) is 5.06 Å². The summed E-state index contributed by atoms with van der Waals surface area (Å²) in [4.78, 5) is 72.8. The highest BCUT2D eigenvalue weighted by Gasteiger charge is 2.74. The number of likely N-dealkylation sites (N-methyl/N-ethyl adjacent to an activating group) is 1. The number of hydrogen-bond donors (Lipinski definition) is 3. The van der Waals surface area contributed by atoms with Crippen LogP contribution in [0.2, 0.25) is 0 Å². The molecule has 1 aromatic carbocycles. The van der Waals surface area contributed by atoms with Crippen LogP contribution in [-0.2, 0) is 54.3 Å². The Balaban J connectivity index is 1.28. The van der Waals surface area contributed by atoms with E-state index in [1.807, 2.05) is 24.3 Å². The third-order valence-electron chi connectivity index (χ3n) is 9.06. The summed E-state index contributed by atoms with van der Waals surface area (Å²) in [6.45, 7) is 4.88. The van der Waals surface area contributed by atoms with E-state index >= 15 is 0 Å². The molecule has 49 heavy (non-hydrogen) atoms. The summed E-state index contributed by atoms with van der Waals surface area (Å²) in [5.74, 6) is -2.18. The van der Waals surface area contributed by atoms with Gasteiger partial charge < -0.3 is 39.6 Å². The Kier molecular flexibility index (Phi) is 11.1. The summed E-state index contributed by atoms with van der Waals surface area (Å²) in [7, 11) is 3.31. The number of carbonyl (C=O) groups excluding carboxylic acids is 5. The summed E-state index contributed by atoms with van der Waals surface area (Å²) >= 11 is 0. The van der Waals surface area contributed by atoms with Gasteiger partial charge in [0.2, 0.25) is 17.7 Å². The van der Waals surface area contributed by atoms with Crippen LogP contribution in [0, 0.1) is 5.41 Å². The zero-order valence-electron chi connectivity index (χ0n) is 28.5. The van der Waals surface area contributed by atoms with Gasteiger partial charge >= 0.3 is 11.9 Å². The Hall–Kier alpha value is -3.89. The minimum absolute atomic E-state index is 0.0154. The molecule has 1 aromatic rings. The minimum atomic E-state index is -1.40. The van der Waals surface area contributed by atoms with Crippen molar-refractivity contribution in [2.24, 2.45) is 5.41 Å². The van der Waals surface area contributed by atoms with Gasteiger partial charge in [0.1, 0.15) is 42.2 Å². The normalized spacial score (nSPS) is 28.0. The largest absolute Gasteiger partial charge is 0.460 e. The fourth-order valence-electron chi connectivity index (χ4n) is 6.80. The molecule has 0 unspecified atom stereocenters. The Bertz CT molecular complexity index is 1460. The highest BCUT2D eigenvalue weighted by Crippen LogP contribution is 2.55. The number of amides is 3. The molecule has 3 aliphatic heterocycles. The van der Waals surface area contributed by atoms with E-state index in [9.17, 15) is 29.1 Å². The number of benzene rings is 1. The first kappa shape index (κ1) is 36.4. The third kappa shape index (κ3) is 7.96. The summed E-state index contributed by atoms with van der Waals surface area (Å²) < 4.78 is 22.7. The van der Waals surface area contributed by atoms with Crippen LogP contribution in [0.1, 0.15) is 57.6 Å². The molecule has 4 fully saturated rings. The molecule has 3 saturated heterocycles. The lowest BCUT2D eigenvalue weighted by molar-refractivity contribution is -0.201. The topological polar surface area (TPSA) is 182 Å². The number of rotatable bonds is 13. The fourth-order valence-corrected chi connectivity index (χ4v) is 6.80. The molecule has 15 nitrogen and oxygen atoms in total. The van der Waals surface area contributed by atoms with Gasteiger partial charge in [-0.15, -0.1) is 0 Å². The molecule has 0 aromatic heterocycles. The van der Waals surface area contributed by atoms with Crippen LogP contribution in [0.4, 0.5) is 0 Å². The molecule has 1 aliphatic carbocycles. The molecule has 3 N–H and O–H groups in total. The number of carbonyl (C=O) groups is 5. The highest BCUT2D eigenvalue weighted by molar-refractivity contribution is 5.94. The van der Waals surface area contributed by atoms with Crippen molar-refractivity contribution in [2.45, 2.75) is 95.1 Å². The molecular weight excluding hydrogens is 640 g/mol. The molecule has 0 radical (unpaired) electrons. The lowest BCUT2D eigenvalue weighted by atomic mass is 9.62. The van der Waals surface area contributed by atoms with E-state index in [1.165, 1.54) is 16.0 Å². The molecule has 1 saturated carbocycles. The van der Waals surface area contributed by atoms with Crippen LogP contribution in [0.15, 0.2) is 30.3 Å². The SMILES string of the molecule is CN(C)C(=O)C=Cc1ccccc1CN1O[C@@H]2[C@H]3OCO[C@H]3[C@@H]3C[C@]2(C(=O)NCCC(=O)N[C@H](CO)CCC(=O)OC(C)(C)C)[C@@H]1C(=O)O3. The van der Waals surface area contributed by atoms with Crippen molar-refractivity contribution >= 4 is 35.7 Å². The second-order valence-corrected chi connectivity index (χ2v) is 13.9. The van der Waals surface area contributed by atoms with Crippen LogP contribution in [0.3, 0.4) is 0 Å². The van der Waals surface area contributed by atoms with Gasteiger partial charge in [-0.3, -0.25) is 28.8 Å². The Morgan fingerprint density at radius 3 is 2.59 bits per heavy atom. The standard InChI is InChI=1S/C34H46N4O11/c1-33(2,3)48-26(42)13-11-22(18-39)36-24(40)14-15-35-32(44)34-16-23-27-28(46-19-45-27)30(34)49-38(29(34)31(43)47-23)17-21-9-7-6-8-20(21)10-12-25(41)37(4)5/h6-10,12,22-23,27-30,39H,11,13-19H2,1-5H3,(H,35,44)(H,36,40)/t22-,23-,27-,28-,29-,30+,34-/m0/s1. The smallest absolute Gasteiger partial charge is 0.327 e. The van der Waals surface area contributed by atoms with Crippen LogP contribution >= 0.6 is 0 Å². The van der Waals surface area contributed by atoms with Crippen molar-refractivity contribution in [1.82, 2.24) is 20.6 Å². The summed E-state index contributed by atoms with van der Waals surface area (Å²) in [5.41, 5.74) is -0.572. The molecule has 2 bridgehead atoms.